The van der Waals surface area contributed by atoms with Gasteiger partial charge in [-0.25, -0.2) is 9.88 Å². The summed E-state index contributed by atoms with van der Waals surface area (Å²) in [5.74, 6) is -0.405. The second-order valence-electron chi connectivity index (χ2n) is 3.94. The molecule has 0 aliphatic carbocycles. The van der Waals surface area contributed by atoms with E-state index >= 15 is 0 Å². The van der Waals surface area contributed by atoms with Gasteiger partial charge in [-0.15, -0.1) is 0 Å². The van der Waals surface area contributed by atoms with E-state index in [0.29, 0.717) is 21.4 Å². The lowest BCUT2D eigenvalue weighted by atomic mass is 10.1. The second-order valence-corrected chi connectivity index (χ2v) is 5.71. The summed E-state index contributed by atoms with van der Waals surface area (Å²) in [5.41, 5.74) is 0.780. The number of imide groups is 1. The molecule has 0 bridgehead atoms. The highest BCUT2D eigenvalue weighted by Gasteiger charge is 2.38. The van der Waals surface area contributed by atoms with Gasteiger partial charge in [0.25, 0.3) is 11.8 Å². The molecule has 0 atom stereocenters. The molecule has 0 radical (unpaired) electrons. The number of carbonyl (C=O) groups excluding carboxylic acids is 2. The number of amides is 2. The Hall–Kier alpha value is -1.53. The zero-order valence-electron chi connectivity index (χ0n) is 9.43. The molecule has 94 valence electrons. The average molecular weight is 382 g/mol. The Morgan fingerprint density at radius 3 is 2.47 bits per heavy atom. The Kier molecular flexibility index (Phi) is 2.99. The van der Waals surface area contributed by atoms with Crippen molar-refractivity contribution in [1.82, 2.24) is 4.98 Å². The van der Waals surface area contributed by atoms with Gasteiger partial charge in [0.15, 0.2) is 5.82 Å². The molecule has 2 amide bonds. The molecule has 0 saturated carbocycles. The van der Waals surface area contributed by atoms with E-state index in [1.807, 2.05) is 0 Å². The van der Waals surface area contributed by atoms with Crippen LogP contribution in [0.5, 0.6) is 0 Å². The third-order valence-corrected chi connectivity index (χ3v) is 3.91. The van der Waals surface area contributed by atoms with Crippen molar-refractivity contribution in [3.63, 3.8) is 0 Å². The molecule has 6 heteroatoms. The van der Waals surface area contributed by atoms with E-state index in [2.05, 4.69) is 36.8 Å². The van der Waals surface area contributed by atoms with Crippen LogP contribution in [0.4, 0.5) is 5.82 Å². The van der Waals surface area contributed by atoms with E-state index in [9.17, 15) is 9.59 Å². The van der Waals surface area contributed by atoms with E-state index in [0.717, 1.165) is 9.37 Å². The van der Waals surface area contributed by atoms with Gasteiger partial charge in [0.1, 0.15) is 0 Å². The maximum absolute atomic E-state index is 12.3. The first kappa shape index (κ1) is 12.5. The molecule has 3 rings (SSSR count). The third kappa shape index (κ3) is 1.91. The van der Waals surface area contributed by atoms with Crippen molar-refractivity contribution in [3.8, 4) is 0 Å². The lowest BCUT2D eigenvalue weighted by molar-refractivity contribution is 0.0925. The smallest absolute Gasteiger partial charge is 0.267 e. The predicted molar refractivity (Wildman–Crippen MR) is 77.2 cm³/mol. The molecule has 2 aromatic rings. The number of fused-ring (bicyclic) bond motifs is 1. The van der Waals surface area contributed by atoms with Crippen molar-refractivity contribution >= 4 is 49.5 Å². The maximum atomic E-state index is 12.3. The molecule has 0 N–H and O–H groups in total. The van der Waals surface area contributed by atoms with Crippen LogP contribution in [-0.4, -0.2) is 16.8 Å². The summed E-state index contributed by atoms with van der Waals surface area (Å²) in [4.78, 5) is 29.8. The minimum atomic E-state index is -0.360. The highest BCUT2D eigenvalue weighted by Crippen LogP contribution is 2.32. The van der Waals surface area contributed by atoms with Crippen LogP contribution in [0, 0.1) is 0 Å². The molecule has 1 aromatic heterocycles. The molecular formula is C13H6Br2N2O2. The van der Waals surface area contributed by atoms with Gasteiger partial charge in [-0.05, 0) is 46.3 Å². The number of nitrogens with zero attached hydrogens (tertiary/aromatic N) is 2. The molecule has 4 nitrogen and oxygen atoms in total. The summed E-state index contributed by atoms with van der Waals surface area (Å²) in [7, 11) is 0. The van der Waals surface area contributed by atoms with Gasteiger partial charge in [-0.1, -0.05) is 15.9 Å². The van der Waals surface area contributed by atoms with Crippen LogP contribution in [0.1, 0.15) is 20.7 Å². The molecule has 0 fully saturated rings. The predicted octanol–water partition coefficient (Wildman–Crippen LogP) is 3.41. The van der Waals surface area contributed by atoms with Crippen molar-refractivity contribution in [2.45, 2.75) is 0 Å². The molecule has 19 heavy (non-hydrogen) atoms. The van der Waals surface area contributed by atoms with Gasteiger partial charge in [-0.2, -0.15) is 0 Å². The number of benzene rings is 1. The summed E-state index contributed by atoms with van der Waals surface area (Å²) in [6, 6.07) is 8.48. The van der Waals surface area contributed by atoms with Crippen LogP contribution in [-0.2, 0) is 0 Å². The molecule has 0 unspecified atom stereocenters. The van der Waals surface area contributed by atoms with Crippen LogP contribution >= 0.6 is 31.9 Å². The van der Waals surface area contributed by atoms with E-state index in [-0.39, 0.29) is 11.8 Å². The van der Waals surface area contributed by atoms with Crippen molar-refractivity contribution in [2.75, 3.05) is 4.90 Å². The summed E-state index contributed by atoms with van der Waals surface area (Å²) in [6.45, 7) is 0. The summed E-state index contributed by atoms with van der Waals surface area (Å²) >= 11 is 6.60. The fraction of sp³-hybridized carbons (Fsp3) is 0. The van der Waals surface area contributed by atoms with Gasteiger partial charge in [0.05, 0.1) is 15.6 Å². The number of hydrogen-bond acceptors (Lipinski definition) is 3. The minimum absolute atomic E-state index is 0.310. The van der Waals surface area contributed by atoms with E-state index in [1.54, 1.807) is 36.5 Å². The zero-order valence-corrected chi connectivity index (χ0v) is 12.6. The number of pyridine rings is 1. The largest absolute Gasteiger partial charge is 0.268 e. The lowest BCUT2D eigenvalue weighted by Gasteiger charge is -2.13. The van der Waals surface area contributed by atoms with Gasteiger partial charge in [0, 0.05) is 10.7 Å². The number of rotatable bonds is 1. The topological polar surface area (TPSA) is 50.3 Å². The van der Waals surface area contributed by atoms with Crippen molar-refractivity contribution < 1.29 is 9.59 Å². The Labute approximate surface area is 125 Å². The van der Waals surface area contributed by atoms with Gasteiger partial charge in [-0.3, -0.25) is 9.59 Å². The van der Waals surface area contributed by atoms with Crippen LogP contribution in [0.15, 0.2) is 45.5 Å². The first-order chi connectivity index (χ1) is 9.09. The molecule has 0 saturated heterocycles. The third-order valence-electron chi connectivity index (χ3n) is 2.80. The normalized spacial score (nSPS) is 13.9. The van der Waals surface area contributed by atoms with Gasteiger partial charge < -0.3 is 0 Å². The number of halogens is 2. The fourth-order valence-corrected chi connectivity index (χ4v) is 2.74. The van der Waals surface area contributed by atoms with E-state index in [1.165, 1.54) is 0 Å². The molecule has 1 aromatic carbocycles. The number of aromatic nitrogens is 1. The van der Waals surface area contributed by atoms with Crippen molar-refractivity contribution in [2.24, 2.45) is 0 Å². The van der Waals surface area contributed by atoms with Gasteiger partial charge >= 0.3 is 0 Å². The molecule has 1 aliphatic heterocycles. The van der Waals surface area contributed by atoms with Crippen LogP contribution in [0.3, 0.4) is 0 Å². The summed E-state index contributed by atoms with van der Waals surface area (Å²) in [5, 5.41) is 0. The standard InChI is InChI=1S/C13H6Br2N2O2/c14-7-3-4-8-9(6-7)13(19)17(12(8)18)11-10(15)2-1-5-16-11/h1-6H. The number of carbonyl (C=O) groups is 2. The lowest BCUT2D eigenvalue weighted by Crippen LogP contribution is -2.30. The Morgan fingerprint density at radius 1 is 1.00 bits per heavy atom. The quantitative estimate of drug-likeness (QED) is 0.711. The van der Waals surface area contributed by atoms with Crippen LogP contribution in [0.25, 0.3) is 0 Å². The van der Waals surface area contributed by atoms with Crippen LogP contribution < -0.4 is 4.90 Å². The molecular weight excluding hydrogens is 376 g/mol. The average Bonchev–Trinajstić information content (AvgIpc) is 2.63. The SMILES string of the molecule is O=C1c2ccc(Br)cc2C(=O)N1c1ncccc1Br. The molecule has 1 aliphatic rings. The monoisotopic (exact) mass is 380 g/mol. The second kappa shape index (κ2) is 4.54. The first-order valence-electron chi connectivity index (χ1n) is 5.38. The minimum Gasteiger partial charge on any atom is -0.268 e. The number of hydrogen-bond donors (Lipinski definition) is 0. The Balaban J connectivity index is 2.16. The summed E-state index contributed by atoms with van der Waals surface area (Å²) in [6.07, 6.45) is 1.54. The maximum Gasteiger partial charge on any atom is 0.267 e. The fourth-order valence-electron chi connectivity index (χ4n) is 1.95. The Bertz CT molecular complexity index is 716. The highest BCUT2D eigenvalue weighted by atomic mass is 79.9. The number of anilines is 1. The van der Waals surface area contributed by atoms with Crippen molar-refractivity contribution in [3.05, 3.63) is 56.6 Å². The van der Waals surface area contributed by atoms with E-state index in [4.69, 9.17) is 0 Å². The van der Waals surface area contributed by atoms with Gasteiger partial charge in [0.2, 0.25) is 0 Å². The summed E-state index contributed by atoms with van der Waals surface area (Å²) < 4.78 is 1.36. The first-order valence-corrected chi connectivity index (χ1v) is 6.97. The van der Waals surface area contributed by atoms with Crippen LogP contribution in [0.2, 0.25) is 0 Å². The highest BCUT2D eigenvalue weighted by molar-refractivity contribution is 9.10. The molecule has 2 heterocycles. The Morgan fingerprint density at radius 2 is 1.74 bits per heavy atom. The van der Waals surface area contributed by atoms with Crippen molar-refractivity contribution in [1.29, 1.82) is 0 Å². The van der Waals surface area contributed by atoms with E-state index < -0.39 is 0 Å². The molecule has 0 spiro atoms. The zero-order chi connectivity index (χ0) is 13.6.